The van der Waals surface area contributed by atoms with E-state index in [1.807, 2.05) is 17.0 Å². The van der Waals surface area contributed by atoms with E-state index in [2.05, 4.69) is 21.7 Å². The third-order valence-corrected chi connectivity index (χ3v) is 6.14. The minimum absolute atomic E-state index is 0.0390. The molecule has 8 nitrogen and oxygen atoms in total. The maximum absolute atomic E-state index is 13.4. The number of carbonyl (C=O) groups is 1. The van der Waals surface area contributed by atoms with Gasteiger partial charge in [-0.15, -0.1) is 0 Å². The molecular weight excluding hydrogens is 382 g/mol. The van der Waals surface area contributed by atoms with Gasteiger partial charge in [0.25, 0.3) is 11.6 Å². The monoisotopic (exact) mass is 409 g/mol. The minimum Gasteiger partial charge on any atom is -0.371 e. The number of amides is 1. The lowest BCUT2D eigenvalue weighted by molar-refractivity contribution is -0.384. The molecule has 0 atom stereocenters. The number of rotatable bonds is 4. The van der Waals surface area contributed by atoms with Crippen LogP contribution in [0.1, 0.15) is 30.1 Å². The standard InChI is InChI=1S/C22H27N5O3/c1-17-6-10-25(11-7-17)21-3-2-19(27(29)30)16-20(21)22(28)26-14-12-24(13-15-26)18-4-8-23-9-5-18/h2-5,8-9,16-17H,6-7,10-15H2,1H3. The third kappa shape index (κ3) is 4.22. The predicted molar refractivity (Wildman–Crippen MR) is 116 cm³/mol. The summed E-state index contributed by atoms with van der Waals surface area (Å²) < 4.78 is 0. The molecule has 0 spiro atoms. The molecule has 0 N–H and O–H groups in total. The zero-order chi connectivity index (χ0) is 21.1. The molecule has 2 fully saturated rings. The fourth-order valence-electron chi connectivity index (χ4n) is 4.23. The maximum Gasteiger partial charge on any atom is 0.270 e. The zero-order valence-corrected chi connectivity index (χ0v) is 17.2. The number of carbonyl (C=O) groups excluding carboxylic acids is 1. The number of hydrogen-bond acceptors (Lipinski definition) is 6. The van der Waals surface area contributed by atoms with Crippen molar-refractivity contribution in [2.45, 2.75) is 19.8 Å². The summed E-state index contributed by atoms with van der Waals surface area (Å²) in [7, 11) is 0. The zero-order valence-electron chi connectivity index (χ0n) is 17.2. The number of aromatic nitrogens is 1. The predicted octanol–water partition coefficient (Wildman–Crippen LogP) is 3.19. The highest BCUT2D eigenvalue weighted by molar-refractivity contribution is 6.00. The van der Waals surface area contributed by atoms with Crippen molar-refractivity contribution in [3.8, 4) is 0 Å². The number of nitrogens with zero attached hydrogens (tertiary/aromatic N) is 5. The van der Waals surface area contributed by atoms with Gasteiger partial charge in [0, 0.05) is 69.5 Å². The smallest absolute Gasteiger partial charge is 0.270 e. The molecule has 0 radical (unpaired) electrons. The Morgan fingerprint density at radius 1 is 1.00 bits per heavy atom. The molecule has 158 valence electrons. The Bertz CT molecular complexity index is 904. The maximum atomic E-state index is 13.4. The molecule has 1 aromatic heterocycles. The van der Waals surface area contributed by atoms with Crippen LogP contribution in [0.15, 0.2) is 42.7 Å². The van der Waals surface area contributed by atoms with Gasteiger partial charge >= 0.3 is 0 Å². The summed E-state index contributed by atoms with van der Waals surface area (Å²) in [6, 6.07) is 8.63. The van der Waals surface area contributed by atoms with Crippen molar-refractivity contribution < 1.29 is 9.72 Å². The number of benzene rings is 1. The third-order valence-electron chi connectivity index (χ3n) is 6.14. The fraction of sp³-hybridized carbons (Fsp3) is 0.455. The van der Waals surface area contributed by atoms with E-state index >= 15 is 0 Å². The Kier molecular flexibility index (Phi) is 5.83. The van der Waals surface area contributed by atoms with Gasteiger partial charge in [0.15, 0.2) is 0 Å². The number of piperidine rings is 1. The van der Waals surface area contributed by atoms with E-state index in [1.165, 1.54) is 12.1 Å². The normalized spacial score (nSPS) is 17.8. The topological polar surface area (TPSA) is 82.8 Å². The summed E-state index contributed by atoms with van der Waals surface area (Å²) in [5.41, 5.74) is 2.31. The quantitative estimate of drug-likeness (QED) is 0.570. The van der Waals surface area contributed by atoms with Crippen LogP contribution in [-0.4, -0.2) is 60.0 Å². The highest BCUT2D eigenvalue weighted by Gasteiger charge is 2.28. The first-order chi connectivity index (χ1) is 14.5. The van der Waals surface area contributed by atoms with Gasteiger partial charge in [-0.25, -0.2) is 0 Å². The molecule has 1 aromatic carbocycles. The largest absolute Gasteiger partial charge is 0.371 e. The molecule has 3 heterocycles. The highest BCUT2D eigenvalue weighted by atomic mass is 16.6. The van der Waals surface area contributed by atoms with Gasteiger partial charge in [-0.3, -0.25) is 19.9 Å². The Hall–Kier alpha value is -3.16. The van der Waals surface area contributed by atoms with Crippen LogP contribution in [0.3, 0.4) is 0 Å². The number of piperazine rings is 1. The van der Waals surface area contributed by atoms with Crippen molar-refractivity contribution in [3.63, 3.8) is 0 Å². The van der Waals surface area contributed by atoms with E-state index in [0.717, 1.165) is 50.4 Å². The Balaban J connectivity index is 1.54. The van der Waals surface area contributed by atoms with Gasteiger partial charge in [-0.1, -0.05) is 6.92 Å². The number of pyridine rings is 1. The lowest BCUT2D eigenvalue weighted by Gasteiger charge is -2.37. The van der Waals surface area contributed by atoms with E-state index < -0.39 is 4.92 Å². The van der Waals surface area contributed by atoms with Crippen molar-refractivity contribution in [1.29, 1.82) is 0 Å². The summed E-state index contributed by atoms with van der Waals surface area (Å²) in [5.74, 6) is 0.543. The van der Waals surface area contributed by atoms with Gasteiger partial charge in [-0.2, -0.15) is 0 Å². The van der Waals surface area contributed by atoms with Crippen LogP contribution in [0, 0.1) is 16.0 Å². The van der Waals surface area contributed by atoms with Crippen molar-refractivity contribution in [2.24, 2.45) is 5.92 Å². The van der Waals surface area contributed by atoms with Crippen molar-refractivity contribution in [3.05, 3.63) is 58.4 Å². The van der Waals surface area contributed by atoms with Crippen LogP contribution in [0.4, 0.5) is 17.1 Å². The second-order valence-electron chi connectivity index (χ2n) is 8.11. The van der Waals surface area contributed by atoms with Gasteiger partial charge in [0.1, 0.15) is 0 Å². The molecule has 2 aromatic rings. The summed E-state index contributed by atoms with van der Waals surface area (Å²) in [6.07, 6.45) is 5.66. The highest BCUT2D eigenvalue weighted by Crippen LogP contribution is 2.30. The van der Waals surface area contributed by atoms with E-state index in [9.17, 15) is 14.9 Å². The molecule has 2 aliphatic rings. The Labute approximate surface area is 176 Å². The molecule has 0 bridgehead atoms. The molecule has 8 heteroatoms. The Morgan fingerprint density at radius 3 is 2.30 bits per heavy atom. The van der Waals surface area contributed by atoms with Gasteiger partial charge in [0.05, 0.1) is 16.2 Å². The summed E-state index contributed by atoms with van der Waals surface area (Å²) >= 11 is 0. The first-order valence-corrected chi connectivity index (χ1v) is 10.5. The number of non-ortho nitro benzene ring substituents is 1. The first-order valence-electron chi connectivity index (χ1n) is 10.5. The number of nitro benzene ring substituents is 1. The van der Waals surface area contributed by atoms with Crippen LogP contribution in [0.2, 0.25) is 0 Å². The number of nitro groups is 1. The van der Waals surface area contributed by atoms with Crippen LogP contribution < -0.4 is 9.80 Å². The van der Waals surface area contributed by atoms with Crippen LogP contribution in [-0.2, 0) is 0 Å². The molecule has 1 amide bonds. The molecule has 0 aliphatic carbocycles. The molecule has 30 heavy (non-hydrogen) atoms. The van der Waals surface area contributed by atoms with Crippen molar-refractivity contribution in [2.75, 3.05) is 49.1 Å². The second-order valence-corrected chi connectivity index (χ2v) is 8.11. The van der Waals surface area contributed by atoms with Crippen LogP contribution in [0.5, 0.6) is 0 Å². The summed E-state index contributed by atoms with van der Waals surface area (Å²) in [4.78, 5) is 34.6. The molecule has 2 saturated heterocycles. The lowest BCUT2D eigenvalue weighted by Crippen LogP contribution is -2.49. The van der Waals surface area contributed by atoms with Crippen LogP contribution in [0.25, 0.3) is 0 Å². The van der Waals surface area contributed by atoms with E-state index in [-0.39, 0.29) is 11.6 Å². The van der Waals surface area contributed by atoms with Crippen molar-refractivity contribution in [1.82, 2.24) is 9.88 Å². The van der Waals surface area contributed by atoms with E-state index in [1.54, 1.807) is 18.5 Å². The van der Waals surface area contributed by atoms with Gasteiger partial charge < -0.3 is 14.7 Å². The average molecular weight is 409 g/mol. The Morgan fingerprint density at radius 2 is 1.67 bits per heavy atom. The van der Waals surface area contributed by atoms with Crippen molar-refractivity contribution >= 4 is 23.0 Å². The van der Waals surface area contributed by atoms with Gasteiger partial charge in [-0.05, 0) is 37.0 Å². The molecule has 0 saturated carbocycles. The molecular formula is C22H27N5O3. The fourth-order valence-corrected chi connectivity index (χ4v) is 4.23. The minimum atomic E-state index is -0.430. The molecule has 0 unspecified atom stereocenters. The molecule has 4 rings (SSSR count). The van der Waals surface area contributed by atoms with E-state index in [0.29, 0.717) is 24.6 Å². The average Bonchev–Trinajstić information content (AvgIpc) is 2.79. The number of anilines is 2. The number of hydrogen-bond donors (Lipinski definition) is 0. The first kappa shape index (κ1) is 20.1. The SMILES string of the molecule is CC1CCN(c2ccc([N+](=O)[O-])cc2C(=O)N2CCN(c3ccncc3)CC2)CC1. The van der Waals surface area contributed by atoms with Crippen LogP contribution >= 0.6 is 0 Å². The summed E-state index contributed by atoms with van der Waals surface area (Å²) in [5, 5.41) is 11.3. The van der Waals surface area contributed by atoms with Gasteiger partial charge in [0.2, 0.25) is 0 Å². The lowest BCUT2D eigenvalue weighted by atomic mass is 9.97. The summed E-state index contributed by atoms with van der Waals surface area (Å²) in [6.45, 7) is 6.59. The molecule has 2 aliphatic heterocycles. The second kappa shape index (κ2) is 8.69. The van der Waals surface area contributed by atoms with E-state index in [4.69, 9.17) is 0 Å².